The molecule has 120 valence electrons. The quantitative estimate of drug-likeness (QED) is 0.867. The maximum absolute atomic E-state index is 14.3. The van der Waals surface area contributed by atoms with E-state index in [-0.39, 0.29) is 21.6 Å². The highest BCUT2D eigenvalue weighted by Crippen LogP contribution is 2.44. The van der Waals surface area contributed by atoms with Crippen molar-refractivity contribution in [2.24, 2.45) is 0 Å². The fourth-order valence-corrected chi connectivity index (χ4v) is 3.10. The van der Waals surface area contributed by atoms with Crippen molar-refractivity contribution in [3.05, 3.63) is 22.8 Å². The third-order valence-corrected chi connectivity index (χ3v) is 4.31. The van der Waals surface area contributed by atoms with Crippen LogP contribution in [-0.4, -0.2) is 25.3 Å². The molecule has 0 aliphatic heterocycles. The first-order chi connectivity index (χ1) is 10.3. The van der Waals surface area contributed by atoms with Crippen LogP contribution in [0.3, 0.4) is 0 Å². The standard InChI is InChI=1S/C14H13F3O4S/c1-20-8-6-9-7(12(15)13(8)21-2)5-10(22-9)14(16,17)4-3-11(18)19/h5-6H,3-4H2,1-2H3,(H,18,19). The van der Waals surface area contributed by atoms with E-state index in [9.17, 15) is 18.0 Å². The van der Waals surface area contributed by atoms with Gasteiger partial charge in [0.2, 0.25) is 0 Å². The van der Waals surface area contributed by atoms with Crippen LogP contribution in [0.2, 0.25) is 0 Å². The molecule has 0 fully saturated rings. The van der Waals surface area contributed by atoms with Crippen molar-refractivity contribution in [3.63, 3.8) is 0 Å². The van der Waals surface area contributed by atoms with Crippen molar-refractivity contribution in [1.29, 1.82) is 0 Å². The molecule has 1 aromatic heterocycles. The molecule has 1 heterocycles. The lowest BCUT2D eigenvalue weighted by Crippen LogP contribution is -2.13. The molecule has 4 nitrogen and oxygen atoms in total. The van der Waals surface area contributed by atoms with Gasteiger partial charge in [-0.05, 0) is 6.07 Å². The molecule has 0 bridgehead atoms. The molecule has 1 aromatic carbocycles. The molecule has 1 N–H and O–H groups in total. The average molecular weight is 334 g/mol. The van der Waals surface area contributed by atoms with Crippen LogP contribution in [0.25, 0.3) is 10.1 Å². The molecule has 0 radical (unpaired) electrons. The number of hydrogen-bond donors (Lipinski definition) is 1. The summed E-state index contributed by atoms with van der Waals surface area (Å²) in [5.41, 5.74) is 0. The minimum Gasteiger partial charge on any atom is -0.493 e. The van der Waals surface area contributed by atoms with Crippen molar-refractivity contribution < 1.29 is 32.5 Å². The second kappa shape index (κ2) is 6.04. The van der Waals surface area contributed by atoms with E-state index in [1.54, 1.807) is 0 Å². The van der Waals surface area contributed by atoms with E-state index in [0.29, 0.717) is 11.3 Å². The number of fused-ring (bicyclic) bond motifs is 1. The van der Waals surface area contributed by atoms with Crippen LogP contribution in [-0.2, 0) is 10.7 Å². The number of benzene rings is 1. The number of carboxylic acid groups (broad SMARTS) is 1. The summed E-state index contributed by atoms with van der Waals surface area (Å²) in [6.45, 7) is 0. The van der Waals surface area contributed by atoms with Crippen molar-refractivity contribution in [2.75, 3.05) is 14.2 Å². The highest BCUT2D eigenvalue weighted by atomic mass is 32.1. The lowest BCUT2D eigenvalue weighted by molar-refractivity contribution is -0.139. The van der Waals surface area contributed by atoms with E-state index >= 15 is 0 Å². The zero-order valence-corrected chi connectivity index (χ0v) is 12.6. The van der Waals surface area contributed by atoms with Gasteiger partial charge in [0, 0.05) is 22.6 Å². The molecule has 0 aliphatic carbocycles. The second-order valence-electron chi connectivity index (χ2n) is 4.55. The van der Waals surface area contributed by atoms with Crippen LogP contribution in [0.15, 0.2) is 12.1 Å². The van der Waals surface area contributed by atoms with Gasteiger partial charge in [0.05, 0.1) is 25.5 Å². The van der Waals surface area contributed by atoms with E-state index in [2.05, 4.69) is 0 Å². The Bertz CT molecular complexity index is 712. The molecule has 0 aliphatic rings. The number of rotatable bonds is 6. The lowest BCUT2D eigenvalue weighted by atomic mass is 10.1. The minimum atomic E-state index is -3.34. The third kappa shape index (κ3) is 2.96. The van der Waals surface area contributed by atoms with Gasteiger partial charge in [-0.15, -0.1) is 11.3 Å². The van der Waals surface area contributed by atoms with Gasteiger partial charge >= 0.3 is 5.97 Å². The van der Waals surface area contributed by atoms with Crippen molar-refractivity contribution in [2.45, 2.75) is 18.8 Å². The summed E-state index contributed by atoms with van der Waals surface area (Å²) in [7, 11) is 2.57. The Morgan fingerprint density at radius 3 is 2.55 bits per heavy atom. The number of halogens is 3. The molecule has 22 heavy (non-hydrogen) atoms. The molecule has 0 unspecified atom stereocenters. The van der Waals surface area contributed by atoms with E-state index in [4.69, 9.17) is 14.6 Å². The predicted octanol–water partition coefficient (Wildman–Crippen LogP) is 4.01. The Labute approximate surface area is 128 Å². The number of aliphatic carboxylic acids is 1. The third-order valence-electron chi connectivity index (χ3n) is 3.12. The monoisotopic (exact) mass is 334 g/mol. The highest BCUT2D eigenvalue weighted by molar-refractivity contribution is 7.19. The van der Waals surface area contributed by atoms with Crippen molar-refractivity contribution in [1.82, 2.24) is 0 Å². The van der Waals surface area contributed by atoms with Crippen LogP contribution in [0.5, 0.6) is 11.5 Å². The van der Waals surface area contributed by atoms with Gasteiger partial charge in [-0.25, -0.2) is 13.2 Å². The lowest BCUT2D eigenvalue weighted by Gasteiger charge is -2.12. The topological polar surface area (TPSA) is 55.8 Å². The largest absolute Gasteiger partial charge is 0.493 e. The van der Waals surface area contributed by atoms with Crippen LogP contribution in [0.1, 0.15) is 17.7 Å². The van der Waals surface area contributed by atoms with Crippen LogP contribution < -0.4 is 9.47 Å². The molecule has 0 spiro atoms. The summed E-state index contributed by atoms with van der Waals surface area (Å²) < 4.78 is 52.5. The molecule has 0 atom stereocenters. The zero-order valence-electron chi connectivity index (χ0n) is 11.8. The van der Waals surface area contributed by atoms with Gasteiger partial charge in [0.15, 0.2) is 17.3 Å². The average Bonchev–Trinajstić information content (AvgIpc) is 2.90. The summed E-state index contributed by atoms with van der Waals surface area (Å²) in [5, 5.41) is 8.51. The van der Waals surface area contributed by atoms with Gasteiger partial charge < -0.3 is 14.6 Å². The molecule has 0 saturated heterocycles. The number of carboxylic acids is 1. The first kappa shape index (κ1) is 16.4. The Kier molecular flexibility index (Phi) is 4.50. The van der Waals surface area contributed by atoms with E-state index < -0.39 is 35.4 Å². The number of alkyl halides is 2. The van der Waals surface area contributed by atoms with E-state index in [1.807, 2.05) is 0 Å². The maximum atomic E-state index is 14.3. The van der Waals surface area contributed by atoms with E-state index in [0.717, 1.165) is 6.07 Å². The SMILES string of the molecule is COc1cc2sc(C(F)(F)CCC(=O)O)cc2c(F)c1OC. The van der Waals surface area contributed by atoms with Crippen molar-refractivity contribution >= 4 is 27.4 Å². The first-order valence-electron chi connectivity index (χ1n) is 6.24. The summed E-state index contributed by atoms with van der Waals surface area (Å²) in [4.78, 5) is 10.1. The normalized spacial score (nSPS) is 11.7. The van der Waals surface area contributed by atoms with Gasteiger partial charge in [-0.2, -0.15) is 0 Å². The molecular formula is C14H13F3O4S. The number of ether oxygens (including phenoxy) is 2. The molecule has 0 saturated carbocycles. The first-order valence-corrected chi connectivity index (χ1v) is 7.06. The Balaban J connectivity index is 2.50. The fourth-order valence-electron chi connectivity index (χ4n) is 2.01. The predicted molar refractivity (Wildman–Crippen MR) is 75.7 cm³/mol. The Morgan fingerprint density at radius 2 is 2.00 bits per heavy atom. The number of hydrogen-bond acceptors (Lipinski definition) is 4. The maximum Gasteiger partial charge on any atom is 0.303 e. The highest BCUT2D eigenvalue weighted by Gasteiger charge is 2.35. The number of carbonyl (C=O) groups is 1. The fraction of sp³-hybridized carbons (Fsp3) is 0.357. The number of thiophene rings is 1. The van der Waals surface area contributed by atoms with Crippen LogP contribution in [0, 0.1) is 5.82 Å². The Morgan fingerprint density at radius 1 is 1.32 bits per heavy atom. The summed E-state index contributed by atoms with van der Waals surface area (Å²) >= 11 is 0.700. The van der Waals surface area contributed by atoms with Gasteiger partial charge in [-0.1, -0.05) is 0 Å². The summed E-state index contributed by atoms with van der Waals surface area (Å²) in [6, 6.07) is 2.44. The number of methoxy groups -OCH3 is 2. The molecule has 0 amide bonds. The molecule has 2 rings (SSSR count). The minimum absolute atomic E-state index is 0.00681. The molecular weight excluding hydrogens is 321 g/mol. The van der Waals surface area contributed by atoms with Gasteiger partial charge in [0.1, 0.15) is 0 Å². The van der Waals surface area contributed by atoms with Crippen molar-refractivity contribution in [3.8, 4) is 11.5 Å². The smallest absolute Gasteiger partial charge is 0.303 e. The van der Waals surface area contributed by atoms with Crippen LogP contribution in [0.4, 0.5) is 13.2 Å². The summed E-state index contributed by atoms with van der Waals surface area (Å²) in [5.74, 6) is -5.48. The van der Waals surface area contributed by atoms with Gasteiger partial charge in [-0.3, -0.25) is 4.79 Å². The van der Waals surface area contributed by atoms with Gasteiger partial charge in [0.25, 0.3) is 5.92 Å². The van der Waals surface area contributed by atoms with Crippen LogP contribution >= 0.6 is 11.3 Å². The zero-order chi connectivity index (χ0) is 16.5. The molecule has 8 heteroatoms. The molecule has 2 aromatic rings. The van der Waals surface area contributed by atoms with E-state index in [1.165, 1.54) is 20.3 Å². The summed E-state index contributed by atoms with van der Waals surface area (Å²) in [6.07, 6.45) is -1.51. The Hall–Kier alpha value is -1.96. The second-order valence-corrected chi connectivity index (χ2v) is 5.63.